The van der Waals surface area contributed by atoms with Crippen molar-refractivity contribution in [3.8, 4) is 22.5 Å². The Labute approximate surface area is 215 Å². The van der Waals surface area contributed by atoms with Crippen molar-refractivity contribution in [2.45, 2.75) is 32.1 Å². The second-order valence-corrected chi connectivity index (χ2v) is 9.11. The van der Waals surface area contributed by atoms with Crippen molar-refractivity contribution in [3.05, 3.63) is 76.3 Å². The normalized spacial score (nSPS) is 13.7. The van der Waals surface area contributed by atoms with Gasteiger partial charge in [-0.15, -0.1) is 0 Å². The van der Waals surface area contributed by atoms with E-state index in [1.165, 1.54) is 45.8 Å². The summed E-state index contributed by atoms with van der Waals surface area (Å²) in [4.78, 5) is 32.3. The predicted molar refractivity (Wildman–Crippen MR) is 142 cm³/mol. The van der Waals surface area contributed by atoms with Crippen molar-refractivity contribution >= 4 is 28.7 Å². The van der Waals surface area contributed by atoms with Crippen LogP contribution in [0.4, 0.5) is 0 Å². The van der Waals surface area contributed by atoms with Crippen LogP contribution in [0.15, 0.2) is 70.1 Å². The molecule has 1 aliphatic heterocycles. The number of aromatic nitrogens is 2. The van der Waals surface area contributed by atoms with Gasteiger partial charge in [0.2, 0.25) is 5.71 Å². The third kappa shape index (κ3) is 6.42. The van der Waals surface area contributed by atoms with Crippen LogP contribution < -0.4 is 5.56 Å². The van der Waals surface area contributed by atoms with E-state index >= 15 is 0 Å². The highest BCUT2D eigenvalue weighted by Crippen LogP contribution is 2.38. The van der Waals surface area contributed by atoms with E-state index in [2.05, 4.69) is 19.6 Å². The maximum atomic E-state index is 12.3. The van der Waals surface area contributed by atoms with Crippen molar-refractivity contribution in [1.29, 1.82) is 0 Å². The number of likely N-dealkylation sites (tertiary alicyclic amines) is 1. The number of H-pyrrole nitrogens is 1. The first-order valence-electron chi connectivity index (χ1n) is 12.2. The molecule has 0 radical (unpaired) electrons. The van der Waals surface area contributed by atoms with Gasteiger partial charge in [0.25, 0.3) is 5.56 Å². The van der Waals surface area contributed by atoms with Crippen molar-refractivity contribution in [3.63, 3.8) is 0 Å². The number of hydrogen-bond donors (Lipinski definition) is 1. The maximum absolute atomic E-state index is 12.3. The first-order chi connectivity index (χ1) is 17.6. The Balaban J connectivity index is 0.000000200. The number of carbonyl (C=O) groups is 1. The predicted octanol–water partition coefficient (Wildman–Crippen LogP) is 5.93. The van der Waals surface area contributed by atoms with Crippen molar-refractivity contribution in [2.75, 3.05) is 26.7 Å². The van der Waals surface area contributed by atoms with Crippen molar-refractivity contribution < 1.29 is 13.9 Å². The zero-order chi connectivity index (χ0) is 25.3. The van der Waals surface area contributed by atoms with Gasteiger partial charge < -0.3 is 19.0 Å². The van der Waals surface area contributed by atoms with Crippen LogP contribution in [0.2, 0.25) is 5.02 Å². The zero-order valence-corrected chi connectivity index (χ0v) is 21.1. The van der Waals surface area contributed by atoms with E-state index in [0.717, 1.165) is 29.7 Å². The molecule has 0 unspecified atom stereocenters. The van der Waals surface area contributed by atoms with Gasteiger partial charge in [0.15, 0.2) is 0 Å². The molecular weight excluding hydrogens is 478 g/mol. The van der Waals surface area contributed by atoms with Crippen LogP contribution >= 0.6 is 11.6 Å². The molecule has 0 aliphatic carbocycles. The van der Waals surface area contributed by atoms with Gasteiger partial charge in [0.05, 0.1) is 13.4 Å². The molecule has 3 heterocycles. The molecule has 36 heavy (non-hydrogen) atoms. The molecule has 2 aromatic heterocycles. The lowest BCUT2D eigenvalue weighted by molar-refractivity contribution is -0.140. The average molecular weight is 508 g/mol. The number of esters is 1. The largest absolute Gasteiger partial charge is 0.469 e. The average Bonchev–Trinajstić information content (AvgIpc) is 3.31. The van der Waals surface area contributed by atoms with Gasteiger partial charge in [0, 0.05) is 22.6 Å². The van der Waals surface area contributed by atoms with Crippen LogP contribution in [-0.2, 0) is 9.53 Å². The third-order valence-electron chi connectivity index (χ3n) is 6.19. The monoisotopic (exact) mass is 507 g/mol. The van der Waals surface area contributed by atoms with Crippen LogP contribution in [-0.4, -0.2) is 47.6 Å². The number of furan rings is 1. The molecule has 1 fully saturated rings. The number of hydrogen-bond acceptors (Lipinski definition) is 6. The summed E-state index contributed by atoms with van der Waals surface area (Å²) in [7, 11) is 1.45. The number of nitrogens with zero attached hydrogens (tertiary/aromatic N) is 2. The molecule has 1 N–H and O–H groups in total. The standard InChI is InChI=1S/C18H11ClN2O2.C10H19NO2/c19-13-8-6-11(7-9-13)14-15-17(22)20-10-21-18(15)23-16(14)12-4-2-1-3-5-12;1-13-10(12)6-5-9-11-7-3-2-4-8-11/h1-10H,(H,20,21,22);2-9H2,1H3. The van der Waals surface area contributed by atoms with Gasteiger partial charge in [-0.2, -0.15) is 0 Å². The minimum atomic E-state index is -0.231. The Kier molecular flexibility index (Phi) is 8.92. The first kappa shape index (κ1) is 25.7. The lowest BCUT2D eigenvalue weighted by Crippen LogP contribution is -2.30. The van der Waals surface area contributed by atoms with Crippen molar-refractivity contribution in [1.82, 2.24) is 14.9 Å². The highest BCUT2D eigenvalue weighted by atomic mass is 35.5. The number of aromatic amines is 1. The molecule has 0 spiro atoms. The molecule has 1 aliphatic rings. The number of rotatable bonds is 6. The van der Waals surface area contributed by atoms with E-state index < -0.39 is 0 Å². The van der Waals surface area contributed by atoms with E-state index in [9.17, 15) is 9.59 Å². The fourth-order valence-electron chi connectivity index (χ4n) is 4.36. The molecule has 2 aromatic carbocycles. The SMILES string of the molecule is COC(=O)CCCN1CCCCC1.O=c1[nH]cnc2oc(-c3ccccc3)c(-c3ccc(Cl)cc3)c12. The van der Waals surface area contributed by atoms with Crippen LogP contribution in [0.5, 0.6) is 0 Å². The molecule has 0 amide bonds. The number of carbonyl (C=O) groups excluding carboxylic acids is 1. The van der Waals surface area contributed by atoms with Gasteiger partial charge in [-0.05, 0) is 56.6 Å². The highest BCUT2D eigenvalue weighted by molar-refractivity contribution is 6.30. The molecule has 0 saturated carbocycles. The second kappa shape index (κ2) is 12.5. The highest BCUT2D eigenvalue weighted by Gasteiger charge is 2.20. The summed E-state index contributed by atoms with van der Waals surface area (Å²) in [6.45, 7) is 3.47. The summed E-state index contributed by atoms with van der Waals surface area (Å²) in [6.07, 6.45) is 6.85. The van der Waals surface area contributed by atoms with Gasteiger partial charge in [0.1, 0.15) is 11.1 Å². The Morgan fingerprint density at radius 2 is 1.78 bits per heavy atom. The van der Waals surface area contributed by atoms with Gasteiger partial charge >= 0.3 is 5.97 Å². The van der Waals surface area contributed by atoms with Crippen LogP contribution in [0.3, 0.4) is 0 Å². The summed E-state index contributed by atoms with van der Waals surface area (Å²) in [5.74, 6) is 0.532. The molecule has 4 aromatic rings. The Morgan fingerprint density at radius 3 is 2.47 bits per heavy atom. The number of methoxy groups -OCH3 is 1. The van der Waals surface area contributed by atoms with Crippen LogP contribution in [0.1, 0.15) is 32.1 Å². The molecular formula is C28H30ClN3O4. The molecule has 188 valence electrons. The number of ether oxygens (including phenoxy) is 1. The minimum absolute atomic E-state index is 0.0861. The Hall–Kier alpha value is -3.42. The third-order valence-corrected chi connectivity index (χ3v) is 6.45. The fourth-order valence-corrected chi connectivity index (χ4v) is 4.49. The smallest absolute Gasteiger partial charge is 0.305 e. The number of nitrogens with one attached hydrogen (secondary N) is 1. The van der Waals surface area contributed by atoms with Gasteiger partial charge in [-0.1, -0.05) is 60.5 Å². The molecule has 5 rings (SSSR count). The first-order valence-corrected chi connectivity index (χ1v) is 12.6. The number of halogens is 1. The lowest BCUT2D eigenvalue weighted by Gasteiger charge is -2.25. The Bertz CT molecular complexity index is 1330. The maximum Gasteiger partial charge on any atom is 0.305 e. The van der Waals surface area contributed by atoms with Gasteiger partial charge in [-0.3, -0.25) is 9.59 Å². The number of fused-ring (bicyclic) bond motifs is 1. The number of piperidine rings is 1. The topological polar surface area (TPSA) is 88.4 Å². The Morgan fingerprint density at radius 1 is 1.06 bits per heavy atom. The molecule has 0 bridgehead atoms. The zero-order valence-electron chi connectivity index (χ0n) is 20.3. The summed E-state index contributed by atoms with van der Waals surface area (Å²) in [5.41, 5.74) is 2.54. The number of benzene rings is 2. The summed E-state index contributed by atoms with van der Waals surface area (Å²) < 4.78 is 10.5. The minimum Gasteiger partial charge on any atom is -0.469 e. The van der Waals surface area contributed by atoms with Crippen LogP contribution in [0, 0.1) is 0 Å². The second-order valence-electron chi connectivity index (χ2n) is 8.67. The van der Waals surface area contributed by atoms with Crippen molar-refractivity contribution in [2.24, 2.45) is 0 Å². The quantitative estimate of drug-likeness (QED) is 0.325. The molecule has 1 saturated heterocycles. The van der Waals surface area contributed by atoms with E-state index in [-0.39, 0.29) is 11.5 Å². The summed E-state index contributed by atoms with van der Waals surface area (Å²) in [5, 5.41) is 1.07. The fraction of sp³-hybridized carbons (Fsp3) is 0.321. The van der Waals surface area contributed by atoms with Crippen LogP contribution in [0.25, 0.3) is 33.6 Å². The molecule has 0 atom stereocenters. The van der Waals surface area contributed by atoms with E-state index in [1.807, 2.05) is 42.5 Å². The summed E-state index contributed by atoms with van der Waals surface area (Å²) >= 11 is 5.98. The lowest BCUT2D eigenvalue weighted by atomic mass is 10.00. The molecule has 8 heteroatoms. The van der Waals surface area contributed by atoms with E-state index in [0.29, 0.717) is 28.3 Å². The van der Waals surface area contributed by atoms with E-state index in [1.54, 1.807) is 12.1 Å². The van der Waals surface area contributed by atoms with Gasteiger partial charge in [-0.25, -0.2) is 4.98 Å². The summed E-state index contributed by atoms with van der Waals surface area (Å²) in [6, 6.07) is 17.0. The molecule has 7 nitrogen and oxygen atoms in total. The van der Waals surface area contributed by atoms with E-state index in [4.69, 9.17) is 16.0 Å².